The first kappa shape index (κ1) is 13.5. The molecule has 1 amide bonds. The topological polar surface area (TPSA) is 46.3 Å². The predicted molar refractivity (Wildman–Crippen MR) is 67.0 cm³/mol. The van der Waals surface area contributed by atoms with Crippen molar-refractivity contribution in [2.75, 3.05) is 19.6 Å². The lowest BCUT2D eigenvalue weighted by Gasteiger charge is -2.33. The van der Waals surface area contributed by atoms with Gasteiger partial charge in [0.25, 0.3) is 0 Å². The van der Waals surface area contributed by atoms with Gasteiger partial charge in [-0.3, -0.25) is 4.79 Å². The van der Waals surface area contributed by atoms with E-state index in [1.54, 1.807) is 0 Å². The van der Waals surface area contributed by atoms with Crippen LogP contribution in [0.5, 0.6) is 0 Å². The fourth-order valence-corrected chi connectivity index (χ4v) is 2.33. The van der Waals surface area contributed by atoms with Gasteiger partial charge in [0, 0.05) is 19.5 Å². The zero-order valence-corrected chi connectivity index (χ0v) is 10.7. The van der Waals surface area contributed by atoms with Gasteiger partial charge in [-0.05, 0) is 37.6 Å². The molecule has 1 heterocycles. The van der Waals surface area contributed by atoms with Crippen molar-refractivity contribution in [2.24, 2.45) is 17.6 Å². The van der Waals surface area contributed by atoms with Gasteiger partial charge in [-0.1, -0.05) is 20.3 Å². The number of hydrogen-bond acceptors (Lipinski definition) is 2. The molecule has 1 rings (SSSR count). The van der Waals surface area contributed by atoms with Gasteiger partial charge in [-0.2, -0.15) is 0 Å². The highest BCUT2D eigenvalue weighted by molar-refractivity contribution is 5.76. The first-order valence-corrected chi connectivity index (χ1v) is 6.65. The molecule has 0 aliphatic carbocycles. The van der Waals surface area contributed by atoms with Crippen LogP contribution in [-0.2, 0) is 4.79 Å². The van der Waals surface area contributed by atoms with E-state index < -0.39 is 0 Å². The molecule has 3 heteroatoms. The number of rotatable bonds is 5. The van der Waals surface area contributed by atoms with Crippen LogP contribution in [0.1, 0.15) is 46.0 Å². The molecular weight excluding hydrogens is 200 g/mol. The Morgan fingerprint density at radius 1 is 1.56 bits per heavy atom. The highest BCUT2D eigenvalue weighted by Gasteiger charge is 2.23. The Labute approximate surface area is 99.4 Å². The molecule has 0 aromatic rings. The predicted octanol–water partition coefficient (Wildman–Crippen LogP) is 2.01. The summed E-state index contributed by atoms with van der Waals surface area (Å²) in [4.78, 5) is 14.1. The number of hydrogen-bond donors (Lipinski definition) is 1. The van der Waals surface area contributed by atoms with Gasteiger partial charge in [0.1, 0.15) is 0 Å². The number of nitrogens with zero attached hydrogens (tertiary/aromatic N) is 1. The van der Waals surface area contributed by atoms with Crippen molar-refractivity contribution >= 4 is 5.91 Å². The Hall–Kier alpha value is -0.570. The standard InChI is InChI=1S/C13H26N2O/c1-3-11(2)9-13(16)15-8-4-5-12(10-15)6-7-14/h11-12H,3-10,14H2,1-2H3. The van der Waals surface area contributed by atoms with Gasteiger partial charge in [0.2, 0.25) is 5.91 Å². The van der Waals surface area contributed by atoms with Gasteiger partial charge >= 0.3 is 0 Å². The van der Waals surface area contributed by atoms with Crippen LogP contribution >= 0.6 is 0 Å². The van der Waals surface area contributed by atoms with Crippen LogP contribution in [0.2, 0.25) is 0 Å². The normalized spacial score (nSPS) is 23.2. The van der Waals surface area contributed by atoms with Gasteiger partial charge in [0.15, 0.2) is 0 Å². The minimum Gasteiger partial charge on any atom is -0.342 e. The molecular formula is C13H26N2O. The van der Waals surface area contributed by atoms with E-state index in [9.17, 15) is 4.79 Å². The number of carbonyl (C=O) groups is 1. The monoisotopic (exact) mass is 226 g/mol. The smallest absolute Gasteiger partial charge is 0.222 e. The van der Waals surface area contributed by atoms with E-state index in [1.165, 1.54) is 6.42 Å². The summed E-state index contributed by atoms with van der Waals surface area (Å²) in [5, 5.41) is 0. The molecule has 16 heavy (non-hydrogen) atoms. The lowest BCUT2D eigenvalue weighted by atomic mass is 9.94. The van der Waals surface area contributed by atoms with Crippen molar-refractivity contribution in [3.63, 3.8) is 0 Å². The Bertz CT molecular complexity index is 216. The lowest BCUT2D eigenvalue weighted by Crippen LogP contribution is -2.40. The van der Waals surface area contributed by atoms with Gasteiger partial charge in [-0.25, -0.2) is 0 Å². The van der Waals surface area contributed by atoms with Crippen molar-refractivity contribution in [2.45, 2.75) is 46.0 Å². The second-order valence-corrected chi connectivity index (χ2v) is 5.14. The lowest BCUT2D eigenvalue weighted by molar-refractivity contribution is -0.134. The Kier molecular flexibility index (Phi) is 5.81. The van der Waals surface area contributed by atoms with Crippen molar-refractivity contribution < 1.29 is 4.79 Å². The Balaban J connectivity index is 2.37. The highest BCUT2D eigenvalue weighted by Crippen LogP contribution is 2.20. The van der Waals surface area contributed by atoms with Gasteiger partial charge < -0.3 is 10.6 Å². The summed E-state index contributed by atoms with van der Waals surface area (Å²) in [6, 6.07) is 0. The van der Waals surface area contributed by atoms with Crippen LogP contribution in [0.3, 0.4) is 0 Å². The molecule has 3 nitrogen and oxygen atoms in total. The third-order valence-corrected chi connectivity index (χ3v) is 3.67. The molecule has 2 atom stereocenters. The molecule has 2 unspecified atom stereocenters. The number of amides is 1. The maximum absolute atomic E-state index is 12.0. The van der Waals surface area contributed by atoms with E-state index in [0.29, 0.717) is 24.2 Å². The van der Waals surface area contributed by atoms with E-state index in [2.05, 4.69) is 18.7 Å². The molecule has 0 aromatic heterocycles. The Morgan fingerprint density at radius 3 is 2.94 bits per heavy atom. The molecule has 1 aliphatic heterocycles. The van der Waals surface area contributed by atoms with E-state index in [4.69, 9.17) is 5.73 Å². The number of carbonyl (C=O) groups excluding carboxylic acids is 1. The van der Waals surface area contributed by atoms with Crippen molar-refractivity contribution in [1.82, 2.24) is 4.90 Å². The molecule has 1 saturated heterocycles. The SMILES string of the molecule is CCC(C)CC(=O)N1CCCC(CCN)C1. The molecule has 0 radical (unpaired) electrons. The first-order chi connectivity index (χ1) is 7.67. The second kappa shape index (κ2) is 6.89. The zero-order valence-electron chi connectivity index (χ0n) is 10.7. The van der Waals surface area contributed by atoms with Crippen molar-refractivity contribution in [3.05, 3.63) is 0 Å². The van der Waals surface area contributed by atoms with Gasteiger partial charge in [-0.15, -0.1) is 0 Å². The van der Waals surface area contributed by atoms with Crippen LogP contribution in [-0.4, -0.2) is 30.4 Å². The summed E-state index contributed by atoms with van der Waals surface area (Å²) in [5.74, 6) is 1.50. The average molecular weight is 226 g/mol. The third kappa shape index (κ3) is 4.12. The number of nitrogens with two attached hydrogens (primary N) is 1. The summed E-state index contributed by atoms with van der Waals surface area (Å²) in [7, 11) is 0. The molecule has 1 fully saturated rings. The fourth-order valence-electron chi connectivity index (χ4n) is 2.33. The minimum absolute atomic E-state index is 0.344. The van der Waals surface area contributed by atoms with Crippen LogP contribution in [0, 0.1) is 11.8 Å². The van der Waals surface area contributed by atoms with Crippen LogP contribution < -0.4 is 5.73 Å². The van der Waals surface area contributed by atoms with Crippen LogP contribution in [0.15, 0.2) is 0 Å². The van der Waals surface area contributed by atoms with E-state index >= 15 is 0 Å². The first-order valence-electron chi connectivity index (χ1n) is 6.65. The third-order valence-electron chi connectivity index (χ3n) is 3.67. The summed E-state index contributed by atoms with van der Waals surface area (Å²) < 4.78 is 0. The molecule has 2 N–H and O–H groups in total. The minimum atomic E-state index is 0.344. The van der Waals surface area contributed by atoms with Gasteiger partial charge in [0.05, 0.1) is 0 Å². The second-order valence-electron chi connectivity index (χ2n) is 5.14. The maximum atomic E-state index is 12.0. The summed E-state index contributed by atoms with van der Waals surface area (Å²) >= 11 is 0. The van der Waals surface area contributed by atoms with E-state index in [1.807, 2.05) is 0 Å². The fraction of sp³-hybridized carbons (Fsp3) is 0.923. The number of piperidine rings is 1. The largest absolute Gasteiger partial charge is 0.342 e. The summed E-state index contributed by atoms with van der Waals surface area (Å²) in [6.07, 6.45) is 5.26. The van der Waals surface area contributed by atoms with Crippen LogP contribution in [0.25, 0.3) is 0 Å². The van der Waals surface area contributed by atoms with Crippen molar-refractivity contribution in [1.29, 1.82) is 0 Å². The Morgan fingerprint density at radius 2 is 2.31 bits per heavy atom. The molecule has 0 aromatic carbocycles. The van der Waals surface area contributed by atoms with E-state index in [-0.39, 0.29) is 0 Å². The molecule has 0 bridgehead atoms. The molecule has 94 valence electrons. The van der Waals surface area contributed by atoms with Crippen molar-refractivity contribution in [3.8, 4) is 0 Å². The highest BCUT2D eigenvalue weighted by atomic mass is 16.2. The average Bonchev–Trinajstić information content (AvgIpc) is 2.29. The summed E-state index contributed by atoms with van der Waals surface area (Å²) in [5.41, 5.74) is 5.58. The molecule has 1 aliphatic rings. The number of likely N-dealkylation sites (tertiary alicyclic amines) is 1. The molecule has 0 saturated carbocycles. The van der Waals surface area contributed by atoms with E-state index in [0.717, 1.165) is 38.9 Å². The molecule has 0 spiro atoms. The summed E-state index contributed by atoms with van der Waals surface area (Å²) in [6.45, 7) is 6.94. The van der Waals surface area contributed by atoms with Crippen LogP contribution in [0.4, 0.5) is 0 Å². The zero-order chi connectivity index (χ0) is 12.0. The maximum Gasteiger partial charge on any atom is 0.222 e. The quantitative estimate of drug-likeness (QED) is 0.779.